The van der Waals surface area contributed by atoms with Crippen LogP contribution in [0.5, 0.6) is 0 Å². The van der Waals surface area contributed by atoms with Crippen molar-refractivity contribution in [2.75, 3.05) is 6.61 Å². The number of aromatic nitrogens is 4. The molecule has 4 unspecified atom stereocenters. The van der Waals surface area contributed by atoms with Gasteiger partial charge in [0.25, 0.3) is 0 Å². The van der Waals surface area contributed by atoms with Crippen molar-refractivity contribution in [2.45, 2.75) is 31.0 Å². The van der Waals surface area contributed by atoms with Crippen LogP contribution in [0.15, 0.2) is 29.5 Å². The van der Waals surface area contributed by atoms with Crippen LogP contribution < -0.4 is 0 Å². The van der Waals surface area contributed by atoms with E-state index in [4.69, 9.17) is 4.74 Å². The molecule has 8 nitrogen and oxygen atoms in total. The van der Waals surface area contributed by atoms with Gasteiger partial charge in [-0.2, -0.15) is 11.3 Å². The van der Waals surface area contributed by atoms with E-state index >= 15 is 0 Å². The van der Waals surface area contributed by atoms with Crippen molar-refractivity contribution >= 4 is 22.5 Å². The van der Waals surface area contributed by atoms with Crippen molar-refractivity contribution in [2.24, 2.45) is 0 Å². The number of nitrogens with zero attached hydrogens (tertiary/aromatic N) is 4. The van der Waals surface area contributed by atoms with Gasteiger partial charge < -0.3 is 20.1 Å². The van der Waals surface area contributed by atoms with Gasteiger partial charge in [0.15, 0.2) is 11.9 Å². The Hall–Kier alpha value is -1.91. The first-order chi connectivity index (χ1) is 11.5. The van der Waals surface area contributed by atoms with Gasteiger partial charge in [-0.25, -0.2) is 15.0 Å². The average molecular weight is 348 g/mol. The smallest absolute Gasteiger partial charge is 0.168 e. The molecule has 9 heteroatoms. The van der Waals surface area contributed by atoms with Crippen molar-refractivity contribution in [3.63, 3.8) is 0 Å². The highest BCUT2D eigenvalue weighted by molar-refractivity contribution is 7.08. The molecule has 4 rings (SSSR count). The van der Waals surface area contributed by atoms with Crippen LogP contribution >= 0.6 is 11.3 Å². The van der Waals surface area contributed by atoms with Gasteiger partial charge in [0.1, 0.15) is 35.3 Å². The summed E-state index contributed by atoms with van der Waals surface area (Å²) in [5.74, 6) is 0. The van der Waals surface area contributed by atoms with Crippen LogP contribution in [0.3, 0.4) is 0 Å². The number of hydrogen-bond acceptors (Lipinski definition) is 8. The van der Waals surface area contributed by atoms with E-state index in [0.29, 0.717) is 16.9 Å². The number of ether oxygens (including phenoxy) is 1. The molecule has 1 aliphatic rings. The summed E-state index contributed by atoms with van der Waals surface area (Å²) in [4.78, 5) is 12.9. The lowest BCUT2D eigenvalue weighted by atomic mass is 9.96. The summed E-state index contributed by atoms with van der Waals surface area (Å²) in [5.41, 5.74) is 1.11. The number of imidazole rings is 1. The molecule has 1 aliphatic heterocycles. The van der Waals surface area contributed by atoms with E-state index in [1.54, 1.807) is 15.9 Å². The van der Waals surface area contributed by atoms with Gasteiger partial charge in [0.05, 0.1) is 12.9 Å². The van der Waals surface area contributed by atoms with Crippen LogP contribution in [0.4, 0.5) is 0 Å². The molecule has 0 saturated carbocycles. The Morgan fingerprint density at radius 1 is 1.38 bits per heavy atom. The lowest BCUT2D eigenvalue weighted by Gasteiger charge is -2.27. The van der Waals surface area contributed by atoms with E-state index in [2.05, 4.69) is 15.0 Å². The number of thiophene rings is 1. The van der Waals surface area contributed by atoms with Crippen molar-refractivity contribution in [3.8, 4) is 11.3 Å². The van der Waals surface area contributed by atoms with Crippen LogP contribution in [-0.4, -0.2) is 59.3 Å². The van der Waals surface area contributed by atoms with Gasteiger partial charge in [0, 0.05) is 10.9 Å². The van der Waals surface area contributed by atoms with E-state index in [0.717, 1.165) is 5.56 Å². The minimum absolute atomic E-state index is 0.393. The standard InChI is InChI=1S/C15H16N4O4S/c1-15(22)12(21)9(4-20)23-14(15)19-7-18-11-10(8-2-3-24-5-8)16-6-17-13(11)19/h2-3,5-7,9,12,14,20-22H,4H2,1H3. The number of rotatable bonds is 3. The average Bonchev–Trinajstić information content (AvgIpc) is 3.28. The zero-order valence-corrected chi connectivity index (χ0v) is 13.6. The molecule has 24 heavy (non-hydrogen) atoms. The van der Waals surface area contributed by atoms with Gasteiger partial charge in [-0.1, -0.05) is 0 Å². The number of aliphatic hydroxyl groups is 3. The van der Waals surface area contributed by atoms with Crippen LogP contribution in [-0.2, 0) is 4.74 Å². The first-order valence-electron chi connectivity index (χ1n) is 7.41. The third-order valence-corrected chi connectivity index (χ3v) is 5.02. The quantitative estimate of drug-likeness (QED) is 0.633. The minimum Gasteiger partial charge on any atom is -0.394 e. The Kier molecular flexibility index (Phi) is 3.62. The highest BCUT2D eigenvalue weighted by Gasteiger charge is 2.53. The van der Waals surface area contributed by atoms with Crippen LogP contribution in [0.2, 0.25) is 0 Å². The maximum absolute atomic E-state index is 10.6. The number of hydrogen-bond donors (Lipinski definition) is 3. The zero-order valence-electron chi connectivity index (χ0n) is 12.8. The molecular weight excluding hydrogens is 332 g/mol. The van der Waals surface area contributed by atoms with Gasteiger partial charge in [-0.3, -0.25) is 4.57 Å². The van der Waals surface area contributed by atoms with E-state index in [9.17, 15) is 15.3 Å². The van der Waals surface area contributed by atoms with Gasteiger partial charge >= 0.3 is 0 Å². The Balaban J connectivity index is 1.83. The van der Waals surface area contributed by atoms with E-state index in [1.165, 1.54) is 19.6 Å². The first kappa shape index (κ1) is 15.6. The summed E-state index contributed by atoms with van der Waals surface area (Å²) in [6.45, 7) is 1.07. The fourth-order valence-electron chi connectivity index (χ4n) is 3.02. The summed E-state index contributed by atoms with van der Waals surface area (Å²) >= 11 is 1.56. The zero-order chi connectivity index (χ0) is 16.9. The third kappa shape index (κ3) is 2.17. The fourth-order valence-corrected chi connectivity index (χ4v) is 3.66. The molecule has 126 valence electrons. The SMILES string of the molecule is CC1(O)C(O)C(CO)OC1n1cnc2c(-c3ccsc3)ncnc21. The first-order valence-corrected chi connectivity index (χ1v) is 8.35. The second kappa shape index (κ2) is 5.57. The van der Waals surface area contributed by atoms with Gasteiger partial charge in [-0.15, -0.1) is 0 Å². The Labute approximate surface area is 141 Å². The molecule has 0 amide bonds. The van der Waals surface area contributed by atoms with Gasteiger partial charge in [-0.05, 0) is 18.4 Å². The normalized spacial score (nSPS) is 30.2. The Bertz CT molecular complexity index is 864. The maximum Gasteiger partial charge on any atom is 0.168 e. The molecule has 0 aliphatic carbocycles. The lowest BCUT2D eigenvalue weighted by molar-refractivity contribution is -0.0950. The molecule has 3 N–H and O–H groups in total. The molecule has 4 atom stereocenters. The highest BCUT2D eigenvalue weighted by atomic mass is 32.1. The van der Waals surface area contributed by atoms with Gasteiger partial charge in [0.2, 0.25) is 0 Å². The highest BCUT2D eigenvalue weighted by Crippen LogP contribution is 2.39. The number of fused-ring (bicyclic) bond motifs is 1. The molecule has 3 aromatic rings. The summed E-state index contributed by atoms with van der Waals surface area (Å²) < 4.78 is 7.20. The minimum atomic E-state index is -1.59. The molecule has 1 fully saturated rings. The van der Waals surface area contributed by atoms with Crippen LogP contribution in [0.25, 0.3) is 22.4 Å². The molecule has 0 radical (unpaired) electrons. The number of aliphatic hydroxyl groups excluding tert-OH is 2. The second-order valence-corrected chi connectivity index (χ2v) is 6.72. The predicted molar refractivity (Wildman–Crippen MR) is 86.3 cm³/mol. The van der Waals surface area contributed by atoms with E-state index in [-0.39, 0.29) is 0 Å². The summed E-state index contributed by atoms with van der Waals surface area (Å²) in [7, 11) is 0. The topological polar surface area (TPSA) is 114 Å². The predicted octanol–water partition coefficient (Wildman–Crippen LogP) is 0.556. The summed E-state index contributed by atoms with van der Waals surface area (Å²) in [6.07, 6.45) is -0.0820. The van der Waals surface area contributed by atoms with E-state index < -0.39 is 30.6 Å². The second-order valence-electron chi connectivity index (χ2n) is 5.94. The van der Waals surface area contributed by atoms with Crippen molar-refractivity contribution in [1.82, 2.24) is 19.5 Å². The third-order valence-electron chi connectivity index (χ3n) is 4.34. The van der Waals surface area contributed by atoms with E-state index in [1.807, 2.05) is 16.8 Å². The van der Waals surface area contributed by atoms with Crippen molar-refractivity contribution < 1.29 is 20.1 Å². The molecular formula is C15H16N4O4S. The van der Waals surface area contributed by atoms with Crippen molar-refractivity contribution in [3.05, 3.63) is 29.5 Å². The van der Waals surface area contributed by atoms with Crippen molar-refractivity contribution in [1.29, 1.82) is 0 Å². The largest absolute Gasteiger partial charge is 0.394 e. The molecule has 0 bridgehead atoms. The molecule has 1 saturated heterocycles. The summed E-state index contributed by atoms with van der Waals surface area (Å²) in [6, 6.07) is 1.94. The van der Waals surface area contributed by atoms with Crippen LogP contribution in [0, 0.1) is 0 Å². The lowest BCUT2D eigenvalue weighted by Crippen LogP contribution is -2.44. The maximum atomic E-state index is 10.6. The molecule has 3 aromatic heterocycles. The van der Waals surface area contributed by atoms with Crippen LogP contribution in [0.1, 0.15) is 13.2 Å². The molecule has 4 heterocycles. The molecule has 0 spiro atoms. The summed E-state index contributed by atoms with van der Waals surface area (Å²) in [5, 5.41) is 34.0. The fraction of sp³-hybridized carbons (Fsp3) is 0.400. The Morgan fingerprint density at radius 2 is 2.21 bits per heavy atom. The Morgan fingerprint density at radius 3 is 2.88 bits per heavy atom. The monoisotopic (exact) mass is 348 g/mol. The molecule has 0 aromatic carbocycles.